The summed E-state index contributed by atoms with van der Waals surface area (Å²) >= 11 is 0. The second-order valence-corrected chi connectivity index (χ2v) is 7.25. The average Bonchev–Trinajstić information content (AvgIpc) is 2.54. The molecule has 6 nitrogen and oxygen atoms in total. The molecule has 0 spiro atoms. The topological polar surface area (TPSA) is 62.7 Å². The number of Topliss-reactive ketones (excluding diaryl/α,β-unsaturated/α-hetero) is 1. The van der Waals surface area contributed by atoms with Gasteiger partial charge in [0.1, 0.15) is 11.3 Å². The second-order valence-electron chi connectivity index (χ2n) is 7.25. The van der Waals surface area contributed by atoms with Crippen LogP contribution in [0.2, 0.25) is 0 Å². The summed E-state index contributed by atoms with van der Waals surface area (Å²) in [6, 6.07) is 5.64. The minimum absolute atomic E-state index is 0.0210. The van der Waals surface area contributed by atoms with Gasteiger partial charge >= 0.3 is 6.09 Å². The summed E-state index contributed by atoms with van der Waals surface area (Å²) in [4.78, 5) is 32.2. The van der Waals surface area contributed by atoms with Gasteiger partial charge in [-0.15, -0.1) is 0 Å². The minimum Gasteiger partial charge on any atom is -0.444 e. The van der Waals surface area contributed by atoms with E-state index in [2.05, 4.69) is 9.88 Å². The third-order valence-electron chi connectivity index (χ3n) is 4.08. The number of aromatic nitrogens is 1. The first-order valence-corrected chi connectivity index (χ1v) is 8.38. The lowest BCUT2D eigenvalue weighted by Gasteiger charge is -2.37. The SMILES string of the molecule is CN(CC(=O)c1ccccn1)C1CCN(C(=O)OC(C)(C)C)CC1. The summed E-state index contributed by atoms with van der Waals surface area (Å²) in [5.41, 5.74) is 0.0235. The summed E-state index contributed by atoms with van der Waals surface area (Å²) in [5, 5.41) is 0. The highest BCUT2D eigenvalue weighted by Gasteiger charge is 2.29. The van der Waals surface area contributed by atoms with Crippen molar-refractivity contribution in [3.05, 3.63) is 30.1 Å². The molecule has 0 saturated carbocycles. The molecule has 1 aromatic heterocycles. The molecule has 1 aliphatic heterocycles. The fourth-order valence-electron chi connectivity index (χ4n) is 2.78. The van der Waals surface area contributed by atoms with Crippen LogP contribution in [0.25, 0.3) is 0 Å². The van der Waals surface area contributed by atoms with Gasteiger partial charge in [-0.3, -0.25) is 14.7 Å². The van der Waals surface area contributed by atoms with Gasteiger partial charge in [0.25, 0.3) is 0 Å². The molecule has 1 aromatic rings. The Kier molecular flexibility index (Phi) is 5.94. The van der Waals surface area contributed by atoms with Gasteiger partial charge in [0.05, 0.1) is 6.54 Å². The number of amides is 1. The van der Waals surface area contributed by atoms with Crippen LogP contribution in [-0.4, -0.2) is 65.0 Å². The lowest BCUT2D eigenvalue weighted by atomic mass is 10.0. The quantitative estimate of drug-likeness (QED) is 0.793. The van der Waals surface area contributed by atoms with Crippen LogP contribution in [-0.2, 0) is 4.74 Å². The molecular formula is C18H27N3O3. The molecule has 6 heteroatoms. The van der Waals surface area contributed by atoms with Crippen LogP contribution >= 0.6 is 0 Å². The summed E-state index contributed by atoms with van der Waals surface area (Å²) in [6.07, 6.45) is 3.05. The number of likely N-dealkylation sites (N-methyl/N-ethyl adjacent to an activating group) is 1. The van der Waals surface area contributed by atoms with E-state index in [4.69, 9.17) is 4.74 Å². The van der Waals surface area contributed by atoms with Crippen LogP contribution in [0.5, 0.6) is 0 Å². The smallest absolute Gasteiger partial charge is 0.410 e. The van der Waals surface area contributed by atoms with Crippen LogP contribution < -0.4 is 0 Å². The Labute approximate surface area is 143 Å². The Balaban J connectivity index is 1.81. The highest BCUT2D eigenvalue weighted by molar-refractivity contribution is 5.95. The highest BCUT2D eigenvalue weighted by Crippen LogP contribution is 2.18. The molecule has 0 radical (unpaired) electrons. The van der Waals surface area contributed by atoms with Gasteiger partial charge < -0.3 is 9.64 Å². The van der Waals surface area contributed by atoms with E-state index in [-0.39, 0.29) is 17.9 Å². The Morgan fingerprint density at radius 3 is 2.50 bits per heavy atom. The number of pyridine rings is 1. The van der Waals surface area contributed by atoms with Crippen LogP contribution in [0.15, 0.2) is 24.4 Å². The zero-order chi connectivity index (χ0) is 17.7. The van der Waals surface area contributed by atoms with E-state index in [0.29, 0.717) is 25.3 Å². The lowest BCUT2D eigenvalue weighted by Crippen LogP contribution is -2.47. The fraction of sp³-hybridized carbons (Fsp3) is 0.611. The van der Waals surface area contributed by atoms with E-state index in [9.17, 15) is 9.59 Å². The predicted molar refractivity (Wildman–Crippen MR) is 92.0 cm³/mol. The monoisotopic (exact) mass is 333 g/mol. The number of carbonyl (C=O) groups is 2. The summed E-state index contributed by atoms with van der Waals surface area (Å²) in [6.45, 7) is 7.26. The Hall–Kier alpha value is -1.95. The maximum atomic E-state index is 12.2. The second kappa shape index (κ2) is 7.75. The average molecular weight is 333 g/mol. The fourth-order valence-corrected chi connectivity index (χ4v) is 2.78. The molecule has 1 aliphatic rings. The van der Waals surface area contributed by atoms with E-state index in [0.717, 1.165) is 12.8 Å². The van der Waals surface area contributed by atoms with E-state index in [1.54, 1.807) is 23.2 Å². The molecule has 0 N–H and O–H groups in total. The van der Waals surface area contributed by atoms with Gasteiger partial charge in [-0.25, -0.2) is 4.79 Å². The Morgan fingerprint density at radius 2 is 1.96 bits per heavy atom. The van der Waals surface area contributed by atoms with Crippen molar-refractivity contribution < 1.29 is 14.3 Å². The molecule has 1 fully saturated rings. The molecule has 0 atom stereocenters. The molecular weight excluding hydrogens is 306 g/mol. The van der Waals surface area contributed by atoms with Gasteiger partial charge in [0, 0.05) is 25.3 Å². The first-order valence-electron chi connectivity index (χ1n) is 8.38. The van der Waals surface area contributed by atoms with Gasteiger partial charge in [-0.05, 0) is 52.8 Å². The maximum absolute atomic E-state index is 12.2. The zero-order valence-corrected chi connectivity index (χ0v) is 15.0. The Morgan fingerprint density at radius 1 is 1.29 bits per heavy atom. The minimum atomic E-state index is -0.472. The van der Waals surface area contributed by atoms with Gasteiger partial charge in [-0.1, -0.05) is 6.07 Å². The third kappa shape index (κ3) is 5.30. The molecule has 1 amide bonds. The predicted octanol–water partition coefficient (Wildman–Crippen LogP) is 2.60. The van der Waals surface area contributed by atoms with E-state index in [1.807, 2.05) is 33.9 Å². The van der Waals surface area contributed by atoms with Crippen LogP contribution in [0.1, 0.15) is 44.1 Å². The highest BCUT2D eigenvalue weighted by atomic mass is 16.6. The number of hydrogen-bond acceptors (Lipinski definition) is 5. The standard InChI is InChI=1S/C18H27N3O3/c1-18(2,3)24-17(23)21-11-8-14(9-12-21)20(4)13-16(22)15-7-5-6-10-19-15/h5-7,10,14H,8-9,11-13H2,1-4H3. The summed E-state index contributed by atoms with van der Waals surface area (Å²) < 4.78 is 5.41. The van der Waals surface area contributed by atoms with Crippen molar-refractivity contribution in [2.75, 3.05) is 26.7 Å². The third-order valence-corrected chi connectivity index (χ3v) is 4.08. The number of piperidine rings is 1. The lowest BCUT2D eigenvalue weighted by molar-refractivity contribution is 0.0156. The van der Waals surface area contributed by atoms with Crippen molar-refractivity contribution in [1.29, 1.82) is 0 Å². The van der Waals surface area contributed by atoms with Gasteiger partial charge in [0.15, 0.2) is 5.78 Å². The maximum Gasteiger partial charge on any atom is 0.410 e. The number of ether oxygens (including phenoxy) is 1. The van der Waals surface area contributed by atoms with Crippen LogP contribution in [0.4, 0.5) is 4.79 Å². The first-order chi connectivity index (χ1) is 11.3. The van der Waals surface area contributed by atoms with Crippen molar-refractivity contribution in [1.82, 2.24) is 14.8 Å². The van der Waals surface area contributed by atoms with E-state index in [1.165, 1.54) is 0 Å². The van der Waals surface area contributed by atoms with Gasteiger partial charge in [-0.2, -0.15) is 0 Å². The molecule has 0 aromatic carbocycles. The van der Waals surface area contributed by atoms with Gasteiger partial charge in [0.2, 0.25) is 0 Å². The number of hydrogen-bond donors (Lipinski definition) is 0. The van der Waals surface area contributed by atoms with E-state index >= 15 is 0 Å². The molecule has 24 heavy (non-hydrogen) atoms. The van der Waals surface area contributed by atoms with Crippen molar-refractivity contribution >= 4 is 11.9 Å². The first kappa shape index (κ1) is 18.4. The summed E-state index contributed by atoms with van der Waals surface area (Å²) in [5.74, 6) is 0.0210. The summed E-state index contributed by atoms with van der Waals surface area (Å²) in [7, 11) is 1.95. The zero-order valence-electron chi connectivity index (χ0n) is 15.0. The van der Waals surface area contributed by atoms with Crippen molar-refractivity contribution in [2.45, 2.75) is 45.3 Å². The number of ketones is 1. The molecule has 1 saturated heterocycles. The number of rotatable bonds is 4. The molecule has 132 valence electrons. The van der Waals surface area contributed by atoms with Crippen molar-refractivity contribution in [3.63, 3.8) is 0 Å². The number of likely N-dealkylation sites (tertiary alicyclic amines) is 1. The normalized spacial score (nSPS) is 16.3. The Bertz CT molecular complexity index is 561. The number of carbonyl (C=O) groups excluding carboxylic acids is 2. The molecule has 2 rings (SSSR count). The largest absolute Gasteiger partial charge is 0.444 e. The van der Waals surface area contributed by atoms with Crippen LogP contribution in [0, 0.1) is 0 Å². The number of nitrogens with zero attached hydrogens (tertiary/aromatic N) is 3. The van der Waals surface area contributed by atoms with E-state index < -0.39 is 5.60 Å². The molecule has 0 aliphatic carbocycles. The molecule has 0 unspecified atom stereocenters. The van der Waals surface area contributed by atoms with Crippen LogP contribution in [0.3, 0.4) is 0 Å². The molecule has 0 bridgehead atoms. The molecule has 2 heterocycles. The van der Waals surface area contributed by atoms with Crippen molar-refractivity contribution in [2.24, 2.45) is 0 Å². The van der Waals surface area contributed by atoms with Crippen molar-refractivity contribution in [3.8, 4) is 0 Å².